The average Bonchev–Trinajstić information content (AvgIpc) is 3.13. The van der Waals surface area contributed by atoms with Crippen molar-refractivity contribution in [3.05, 3.63) is 24.6 Å². The summed E-state index contributed by atoms with van der Waals surface area (Å²) in [5.74, 6) is -0.121. The van der Waals surface area contributed by atoms with E-state index in [-0.39, 0.29) is 44.9 Å². The predicted molar refractivity (Wildman–Crippen MR) is 97.4 cm³/mol. The van der Waals surface area contributed by atoms with Crippen LogP contribution in [-0.4, -0.2) is 60.1 Å². The summed E-state index contributed by atoms with van der Waals surface area (Å²) in [4.78, 5) is 8.55. The van der Waals surface area contributed by atoms with E-state index in [1.165, 1.54) is 0 Å². The molecule has 2 aliphatic heterocycles. The van der Waals surface area contributed by atoms with Crippen LogP contribution in [0.1, 0.15) is 12.6 Å². The fraction of sp³-hybridized carbons (Fsp3) is 0.533. The van der Waals surface area contributed by atoms with Gasteiger partial charge in [-0.25, -0.2) is 18.4 Å². The number of nitrogens with one attached hydrogen (secondary N) is 1. The number of sulfonamides is 1. The Morgan fingerprint density at radius 1 is 1.29 bits per heavy atom. The van der Waals surface area contributed by atoms with Crippen molar-refractivity contribution in [2.75, 3.05) is 24.7 Å². The van der Waals surface area contributed by atoms with Crippen molar-refractivity contribution >= 4 is 26.9 Å². The third kappa shape index (κ3) is 4.24. The second-order valence-corrected chi connectivity index (χ2v) is 8.59. The molecule has 13 heteroatoms. The second kappa shape index (κ2) is 8.56. The number of hydrogen-bond donors (Lipinski definition) is 4. The summed E-state index contributed by atoms with van der Waals surface area (Å²) in [6.45, 7) is 0.630. The van der Waals surface area contributed by atoms with E-state index >= 15 is 0 Å². The molecule has 0 aliphatic carbocycles. The number of fused-ring (bicyclic) bond motifs is 1. The molecule has 4 rings (SSSR count). The molecule has 11 nitrogen and oxygen atoms in total. The van der Waals surface area contributed by atoms with E-state index in [1.807, 2.05) is 0 Å². The van der Waals surface area contributed by atoms with E-state index in [9.17, 15) is 8.42 Å². The number of imidazole rings is 1. The van der Waals surface area contributed by atoms with Crippen molar-refractivity contribution in [1.82, 2.24) is 19.3 Å². The van der Waals surface area contributed by atoms with Crippen LogP contribution in [0.4, 0.5) is 5.69 Å². The molecular weight excluding hydrogens is 463 g/mol. The van der Waals surface area contributed by atoms with Gasteiger partial charge in [0.15, 0.2) is 21.9 Å². The molecular formula is C15H22N7O4SY-. The second-order valence-electron chi connectivity index (χ2n) is 6.75. The van der Waals surface area contributed by atoms with Gasteiger partial charge >= 0.3 is 0 Å². The molecule has 4 heterocycles. The molecule has 2 aromatic heterocycles. The minimum absolute atomic E-state index is 0. The third-order valence-corrected chi connectivity index (χ3v) is 6.18. The van der Waals surface area contributed by atoms with Crippen LogP contribution in [0.2, 0.25) is 0 Å². The van der Waals surface area contributed by atoms with E-state index in [1.54, 1.807) is 23.2 Å². The molecule has 4 atom stereocenters. The van der Waals surface area contributed by atoms with Gasteiger partial charge in [-0.3, -0.25) is 4.57 Å². The largest absolute Gasteiger partial charge is 0.442 e. The van der Waals surface area contributed by atoms with Crippen LogP contribution in [0, 0.1) is 6.04 Å². The summed E-state index contributed by atoms with van der Waals surface area (Å²) in [6.07, 6.45) is 2.24. The molecule has 0 bridgehead atoms. The molecule has 0 spiro atoms. The maximum atomic E-state index is 12.1. The quantitative estimate of drug-likeness (QED) is 0.353. The fourth-order valence-corrected chi connectivity index (χ4v) is 4.46. The number of pyridine rings is 1. The third-order valence-electron chi connectivity index (χ3n) is 4.81. The molecule has 2 saturated heterocycles. The first-order valence-corrected chi connectivity index (χ1v) is 10.2. The Balaban J connectivity index is 0.00000225. The fourth-order valence-electron chi connectivity index (χ4n) is 3.25. The van der Waals surface area contributed by atoms with Gasteiger partial charge in [-0.15, -0.1) is 0 Å². The standard InChI is InChI=1S/C15H22N7O4S.Y/c16-9-1-3-19-14-13(9)20-7-22(14)15-12(18)11(17)10(26-15)2-4-27(23,24)21-8-5-25-6-8;/h1,3,7,10-12,15,21H,2,4-6,17-18H2,(H2,16,19);/q-1;/t10-,11-,12-,15-;/m1./s1. The first-order chi connectivity index (χ1) is 12.9. The summed E-state index contributed by atoms with van der Waals surface area (Å²) in [5, 5.41) is 0. The first-order valence-electron chi connectivity index (χ1n) is 8.52. The summed E-state index contributed by atoms with van der Waals surface area (Å²) in [7, 11) is -3.47. The molecule has 151 valence electrons. The van der Waals surface area contributed by atoms with E-state index in [4.69, 9.17) is 26.7 Å². The van der Waals surface area contributed by atoms with Crippen LogP contribution in [0.3, 0.4) is 0 Å². The molecule has 0 unspecified atom stereocenters. The monoisotopic (exact) mass is 485 g/mol. The van der Waals surface area contributed by atoms with Crippen molar-refractivity contribution in [3.63, 3.8) is 0 Å². The van der Waals surface area contributed by atoms with Gasteiger partial charge in [0.25, 0.3) is 0 Å². The molecule has 0 amide bonds. The minimum Gasteiger partial charge on any atom is -0.442 e. The van der Waals surface area contributed by atoms with Gasteiger partial charge in [0, 0.05) is 38.9 Å². The van der Waals surface area contributed by atoms with Gasteiger partial charge in [0.05, 0.1) is 36.0 Å². The van der Waals surface area contributed by atoms with Crippen molar-refractivity contribution in [3.8, 4) is 0 Å². The number of rotatable bonds is 6. The number of nitrogen functional groups attached to an aromatic ring is 1. The molecule has 2 fully saturated rings. The summed E-state index contributed by atoms with van der Waals surface area (Å²) < 4.78 is 39.4. The summed E-state index contributed by atoms with van der Waals surface area (Å²) in [5.41, 5.74) is 19.9. The molecule has 1 radical (unpaired) electrons. The first kappa shape index (κ1) is 22.0. The van der Waals surface area contributed by atoms with Crippen molar-refractivity contribution in [1.29, 1.82) is 0 Å². The zero-order chi connectivity index (χ0) is 19.2. The van der Waals surface area contributed by atoms with Gasteiger partial charge in [0.2, 0.25) is 0 Å². The maximum absolute atomic E-state index is 12.1. The number of hydrogen-bond acceptors (Lipinski definition) is 9. The normalized spacial score (nSPS) is 28.2. The number of ether oxygens (including phenoxy) is 2. The van der Waals surface area contributed by atoms with Gasteiger partial charge in [-0.2, -0.15) is 6.04 Å². The van der Waals surface area contributed by atoms with E-state index in [0.717, 1.165) is 0 Å². The van der Waals surface area contributed by atoms with E-state index < -0.39 is 34.4 Å². The Labute approximate surface area is 187 Å². The van der Waals surface area contributed by atoms with Crippen molar-refractivity contribution in [2.24, 2.45) is 11.5 Å². The minimum atomic E-state index is -3.47. The smallest absolute Gasteiger partial charge is 0.184 e. The molecule has 2 aromatic rings. The van der Waals surface area contributed by atoms with Crippen molar-refractivity contribution in [2.45, 2.75) is 30.8 Å². The maximum Gasteiger partial charge on any atom is 0.184 e. The van der Waals surface area contributed by atoms with Crippen LogP contribution in [-0.2, 0) is 52.2 Å². The average molecular weight is 485 g/mol. The number of aromatic nitrogens is 3. The Morgan fingerprint density at radius 2 is 2.04 bits per heavy atom. The molecule has 0 saturated carbocycles. The van der Waals surface area contributed by atoms with E-state index in [2.05, 4.69) is 14.7 Å². The molecule has 0 aromatic carbocycles. The SMILES string of the molecule is Nc1ccnc2c1ncn2[C@@H]1O[C@H](CCS(=O)(=O)N[C-]2COC2)[C@@H](N)[C@H]1N.[Y]. The van der Waals surface area contributed by atoms with Gasteiger partial charge in [-0.1, -0.05) is 13.2 Å². The Morgan fingerprint density at radius 3 is 2.71 bits per heavy atom. The Hall–Kier alpha value is -0.726. The number of anilines is 1. The van der Waals surface area contributed by atoms with Crippen LogP contribution in [0.25, 0.3) is 11.2 Å². The van der Waals surface area contributed by atoms with Gasteiger partial charge in [0.1, 0.15) is 5.52 Å². The van der Waals surface area contributed by atoms with Crippen molar-refractivity contribution < 1.29 is 50.6 Å². The topological polar surface area (TPSA) is 173 Å². The van der Waals surface area contributed by atoms with Crippen LogP contribution >= 0.6 is 0 Å². The Bertz CT molecular complexity index is 936. The van der Waals surface area contributed by atoms with Crippen LogP contribution < -0.4 is 21.9 Å². The van der Waals surface area contributed by atoms with E-state index in [0.29, 0.717) is 36.1 Å². The predicted octanol–water partition coefficient (Wildman–Crippen LogP) is -1.57. The zero-order valence-corrected chi connectivity index (χ0v) is 18.7. The number of nitrogens with zero attached hydrogens (tertiary/aromatic N) is 3. The summed E-state index contributed by atoms with van der Waals surface area (Å²) in [6, 6.07) is 1.24. The summed E-state index contributed by atoms with van der Waals surface area (Å²) >= 11 is 0. The Kier molecular flexibility index (Phi) is 6.72. The number of nitrogens with two attached hydrogens (primary N) is 3. The van der Waals surface area contributed by atoms with Crippen LogP contribution in [0.5, 0.6) is 0 Å². The molecule has 28 heavy (non-hydrogen) atoms. The molecule has 7 N–H and O–H groups in total. The van der Waals surface area contributed by atoms with Crippen LogP contribution in [0.15, 0.2) is 18.6 Å². The van der Waals surface area contributed by atoms with Gasteiger partial charge in [-0.05, 0) is 12.5 Å². The zero-order valence-electron chi connectivity index (χ0n) is 15.1. The van der Waals surface area contributed by atoms with Gasteiger partial charge < -0.3 is 31.4 Å². The molecule has 2 aliphatic rings.